The Morgan fingerprint density at radius 2 is 2.30 bits per heavy atom. The van der Waals surface area contributed by atoms with E-state index < -0.39 is 0 Å². The lowest BCUT2D eigenvalue weighted by Crippen LogP contribution is -2.43. The standard InChI is InChI=1S/C16H22BrNO2/c1-18-15(12-3-2-4-14(17)9-12)13-5-7-20-16(10-13)6-8-19-11-16/h2-4,9,13,15,18H,5-8,10-11H2,1H3. The molecule has 3 unspecified atom stereocenters. The summed E-state index contributed by atoms with van der Waals surface area (Å²) in [5.41, 5.74) is 1.33. The Morgan fingerprint density at radius 3 is 3.00 bits per heavy atom. The van der Waals surface area contributed by atoms with Crippen LogP contribution >= 0.6 is 15.9 Å². The van der Waals surface area contributed by atoms with Gasteiger partial charge in [0.25, 0.3) is 0 Å². The molecule has 2 fully saturated rings. The predicted octanol–water partition coefficient (Wildman–Crippen LogP) is 3.30. The average molecular weight is 340 g/mol. The first-order valence-corrected chi connectivity index (χ1v) is 8.16. The van der Waals surface area contributed by atoms with Crippen LogP contribution in [-0.2, 0) is 9.47 Å². The summed E-state index contributed by atoms with van der Waals surface area (Å²) in [5.74, 6) is 0.602. The molecular formula is C16H22BrNO2. The van der Waals surface area contributed by atoms with Gasteiger partial charge in [0, 0.05) is 30.1 Å². The lowest BCUT2D eigenvalue weighted by Gasteiger charge is -2.40. The van der Waals surface area contributed by atoms with E-state index in [-0.39, 0.29) is 5.60 Å². The minimum atomic E-state index is -0.0238. The van der Waals surface area contributed by atoms with E-state index in [4.69, 9.17) is 9.47 Å². The number of nitrogens with one attached hydrogen (secondary N) is 1. The van der Waals surface area contributed by atoms with Crippen LogP contribution in [0.25, 0.3) is 0 Å². The SMILES string of the molecule is CNC(c1cccc(Br)c1)C1CCOC2(CCOC2)C1. The van der Waals surface area contributed by atoms with Gasteiger partial charge in [-0.25, -0.2) is 0 Å². The zero-order valence-electron chi connectivity index (χ0n) is 11.9. The Balaban J connectivity index is 1.78. The molecule has 1 N–H and O–H groups in total. The molecule has 3 atom stereocenters. The largest absolute Gasteiger partial charge is 0.378 e. The van der Waals surface area contributed by atoms with Crippen LogP contribution in [0.5, 0.6) is 0 Å². The number of rotatable bonds is 3. The summed E-state index contributed by atoms with van der Waals surface area (Å²) in [7, 11) is 2.05. The van der Waals surface area contributed by atoms with Gasteiger partial charge in [-0.3, -0.25) is 0 Å². The highest BCUT2D eigenvalue weighted by atomic mass is 79.9. The van der Waals surface area contributed by atoms with Crippen molar-refractivity contribution in [2.24, 2.45) is 5.92 Å². The molecule has 0 bridgehead atoms. The molecule has 3 rings (SSSR count). The molecule has 2 saturated heterocycles. The number of hydrogen-bond donors (Lipinski definition) is 1. The van der Waals surface area contributed by atoms with Crippen molar-refractivity contribution in [1.82, 2.24) is 5.32 Å². The van der Waals surface area contributed by atoms with Gasteiger partial charge in [-0.2, -0.15) is 0 Å². The average Bonchev–Trinajstić information content (AvgIpc) is 2.88. The molecule has 0 aromatic heterocycles. The Bertz CT molecular complexity index is 460. The Kier molecular flexibility index (Phi) is 4.46. The number of ether oxygens (including phenoxy) is 2. The lowest BCUT2D eigenvalue weighted by molar-refractivity contribution is -0.103. The molecule has 0 amide bonds. The molecule has 2 aliphatic rings. The van der Waals surface area contributed by atoms with Gasteiger partial charge in [0.1, 0.15) is 0 Å². The summed E-state index contributed by atoms with van der Waals surface area (Å²) < 4.78 is 12.8. The van der Waals surface area contributed by atoms with Gasteiger partial charge in [0.05, 0.1) is 12.2 Å². The smallest absolute Gasteiger partial charge is 0.0940 e. The van der Waals surface area contributed by atoms with E-state index in [1.807, 2.05) is 0 Å². The van der Waals surface area contributed by atoms with Crippen molar-refractivity contribution < 1.29 is 9.47 Å². The normalized spacial score (nSPS) is 31.6. The Morgan fingerprint density at radius 1 is 1.40 bits per heavy atom. The van der Waals surface area contributed by atoms with E-state index in [2.05, 4.69) is 52.6 Å². The zero-order valence-corrected chi connectivity index (χ0v) is 13.5. The monoisotopic (exact) mass is 339 g/mol. The number of benzene rings is 1. The minimum Gasteiger partial charge on any atom is -0.378 e. The quantitative estimate of drug-likeness (QED) is 0.916. The van der Waals surface area contributed by atoms with E-state index >= 15 is 0 Å². The highest BCUT2D eigenvalue weighted by Gasteiger charge is 2.42. The topological polar surface area (TPSA) is 30.5 Å². The summed E-state index contributed by atoms with van der Waals surface area (Å²) in [5, 5.41) is 3.50. The highest BCUT2D eigenvalue weighted by Crippen LogP contribution is 2.41. The molecule has 2 heterocycles. The van der Waals surface area contributed by atoms with Crippen molar-refractivity contribution in [2.45, 2.75) is 30.9 Å². The summed E-state index contributed by atoms with van der Waals surface area (Å²) >= 11 is 3.57. The summed E-state index contributed by atoms with van der Waals surface area (Å²) in [4.78, 5) is 0. The van der Waals surface area contributed by atoms with Gasteiger partial charge in [0.2, 0.25) is 0 Å². The van der Waals surface area contributed by atoms with Gasteiger partial charge in [-0.1, -0.05) is 28.1 Å². The van der Waals surface area contributed by atoms with Gasteiger partial charge in [-0.05, 0) is 43.5 Å². The van der Waals surface area contributed by atoms with Crippen LogP contribution in [0.15, 0.2) is 28.7 Å². The molecule has 3 nitrogen and oxygen atoms in total. The fourth-order valence-corrected chi connectivity index (χ4v) is 4.00. The molecule has 1 aromatic rings. The third kappa shape index (κ3) is 2.93. The van der Waals surface area contributed by atoms with Crippen molar-refractivity contribution in [1.29, 1.82) is 0 Å². The van der Waals surface area contributed by atoms with Crippen LogP contribution in [0.1, 0.15) is 30.9 Å². The van der Waals surface area contributed by atoms with E-state index in [9.17, 15) is 0 Å². The summed E-state index contributed by atoms with van der Waals surface area (Å²) in [6, 6.07) is 8.99. The van der Waals surface area contributed by atoms with E-state index in [0.29, 0.717) is 12.0 Å². The molecule has 0 aliphatic carbocycles. The molecule has 0 radical (unpaired) electrons. The van der Waals surface area contributed by atoms with Crippen molar-refractivity contribution in [3.8, 4) is 0 Å². The minimum absolute atomic E-state index is 0.0238. The van der Waals surface area contributed by atoms with E-state index in [1.165, 1.54) is 5.56 Å². The second kappa shape index (κ2) is 6.14. The molecule has 20 heavy (non-hydrogen) atoms. The fraction of sp³-hybridized carbons (Fsp3) is 0.625. The number of hydrogen-bond acceptors (Lipinski definition) is 3. The second-order valence-corrected chi connectivity index (χ2v) is 6.82. The summed E-state index contributed by atoms with van der Waals surface area (Å²) in [6.45, 7) is 2.45. The predicted molar refractivity (Wildman–Crippen MR) is 82.8 cm³/mol. The van der Waals surface area contributed by atoms with Crippen LogP contribution in [0.3, 0.4) is 0 Å². The molecule has 1 spiro atoms. The maximum Gasteiger partial charge on any atom is 0.0940 e. The summed E-state index contributed by atoms with van der Waals surface area (Å²) in [6.07, 6.45) is 3.24. The third-order valence-corrected chi connectivity index (χ3v) is 5.08. The van der Waals surface area contributed by atoms with Crippen LogP contribution in [-0.4, -0.2) is 32.5 Å². The maximum absolute atomic E-state index is 6.05. The molecule has 2 aliphatic heterocycles. The van der Waals surface area contributed by atoms with Crippen molar-refractivity contribution in [3.05, 3.63) is 34.3 Å². The molecule has 110 valence electrons. The second-order valence-electron chi connectivity index (χ2n) is 5.91. The van der Waals surface area contributed by atoms with E-state index in [0.717, 1.165) is 43.6 Å². The lowest BCUT2D eigenvalue weighted by atomic mass is 9.79. The number of halogens is 1. The van der Waals surface area contributed by atoms with Crippen LogP contribution in [0.4, 0.5) is 0 Å². The molecule has 1 aromatic carbocycles. The van der Waals surface area contributed by atoms with Crippen molar-refractivity contribution in [2.75, 3.05) is 26.9 Å². The van der Waals surface area contributed by atoms with Gasteiger partial charge < -0.3 is 14.8 Å². The van der Waals surface area contributed by atoms with E-state index in [1.54, 1.807) is 0 Å². The maximum atomic E-state index is 6.05. The van der Waals surface area contributed by atoms with Crippen LogP contribution < -0.4 is 5.32 Å². The van der Waals surface area contributed by atoms with Crippen LogP contribution in [0, 0.1) is 5.92 Å². The van der Waals surface area contributed by atoms with Gasteiger partial charge in [0.15, 0.2) is 0 Å². The van der Waals surface area contributed by atoms with Crippen LogP contribution in [0.2, 0.25) is 0 Å². The Hall–Kier alpha value is -0.420. The first kappa shape index (κ1) is 14.5. The van der Waals surface area contributed by atoms with Gasteiger partial charge in [-0.15, -0.1) is 0 Å². The van der Waals surface area contributed by atoms with Crippen molar-refractivity contribution >= 4 is 15.9 Å². The molecular weight excluding hydrogens is 318 g/mol. The third-order valence-electron chi connectivity index (χ3n) is 4.59. The first-order valence-electron chi connectivity index (χ1n) is 7.37. The Labute approximate surface area is 129 Å². The molecule has 0 saturated carbocycles. The fourth-order valence-electron chi connectivity index (χ4n) is 3.59. The van der Waals surface area contributed by atoms with Crippen molar-refractivity contribution in [3.63, 3.8) is 0 Å². The molecule has 4 heteroatoms. The first-order chi connectivity index (χ1) is 9.72. The highest BCUT2D eigenvalue weighted by molar-refractivity contribution is 9.10. The van der Waals surface area contributed by atoms with Gasteiger partial charge >= 0.3 is 0 Å². The zero-order chi connectivity index (χ0) is 14.0.